The van der Waals surface area contributed by atoms with Gasteiger partial charge in [0.05, 0.1) is 17.1 Å². The van der Waals surface area contributed by atoms with Crippen LogP contribution in [0.1, 0.15) is 35.4 Å². The van der Waals surface area contributed by atoms with Crippen LogP contribution in [0.25, 0.3) is 11.1 Å². The van der Waals surface area contributed by atoms with Gasteiger partial charge >= 0.3 is 6.18 Å². The Kier molecular flexibility index (Phi) is 8.07. The van der Waals surface area contributed by atoms with Crippen molar-refractivity contribution in [3.8, 4) is 11.1 Å². The van der Waals surface area contributed by atoms with E-state index in [1.807, 2.05) is 6.07 Å². The molecule has 2 fully saturated rings. The van der Waals surface area contributed by atoms with Gasteiger partial charge in [0, 0.05) is 38.2 Å². The minimum atomic E-state index is -4.83. The molecule has 2 aliphatic heterocycles. The summed E-state index contributed by atoms with van der Waals surface area (Å²) in [4.78, 5) is 2.59. The first-order valence-electron chi connectivity index (χ1n) is 13.3. The lowest BCUT2D eigenvalue weighted by molar-refractivity contribution is -0.139. The molecule has 0 saturated carbocycles. The molecule has 0 bridgehead atoms. The van der Waals surface area contributed by atoms with Crippen molar-refractivity contribution in [2.45, 2.75) is 48.8 Å². The Balaban J connectivity index is 1.47. The second-order valence-corrected chi connectivity index (χ2v) is 12.4. The molecule has 0 aliphatic carbocycles. The molecule has 0 N–H and O–H groups in total. The van der Waals surface area contributed by atoms with Gasteiger partial charge in [0.15, 0.2) is 0 Å². The third-order valence-electron chi connectivity index (χ3n) is 8.10. The normalized spacial score (nSPS) is 22.7. The Morgan fingerprint density at radius 2 is 1.65 bits per heavy atom. The molecule has 2 aliphatic rings. The Hall–Kier alpha value is -2.79. The zero-order valence-corrected chi connectivity index (χ0v) is 23.2. The van der Waals surface area contributed by atoms with Gasteiger partial charge in [-0.05, 0) is 60.7 Å². The second kappa shape index (κ2) is 11.2. The fourth-order valence-electron chi connectivity index (χ4n) is 6.20. The van der Waals surface area contributed by atoms with Crippen molar-refractivity contribution in [2.75, 3.05) is 33.4 Å². The van der Waals surface area contributed by atoms with Crippen LogP contribution in [0.2, 0.25) is 0 Å². The monoisotopic (exact) mass is 576 g/mol. The van der Waals surface area contributed by atoms with Crippen molar-refractivity contribution in [3.63, 3.8) is 0 Å². The lowest BCUT2D eigenvalue weighted by Crippen LogP contribution is -2.68. The van der Waals surface area contributed by atoms with Gasteiger partial charge in [-0.15, -0.1) is 0 Å². The van der Waals surface area contributed by atoms with Gasteiger partial charge in [-0.25, -0.2) is 12.8 Å². The molecule has 0 radical (unpaired) electrons. The summed E-state index contributed by atoms with van der Waals surface area (Å²) < 4.78 is 89.6. The topological polar surface area (TPSA) is 49.9 Å². The Labute approximate surface area is 232 Å². The van der Waals surface area contributed by atoms with Crippen LogP contribution in [0.15, 0.2) is 71.6 Å². The predicted octanol–water partition coefficient (Wildman–Crippen LogP) is 6.09. The average molecular weight is 577 g/mol. The fourth-order valence-corrected chi connectivity index (χ4v) is 7.92. The number of aryl methyl sites for hydroxylation is 1. The Bertz CT molecular complexity index is 1460. The molecule has 2 heterocycles. The summed E-state index contributed by atoms with van der Waals surface area (Å²) in [5.41, 5.74) is 0.327. The summed E-state index contributed by atoms with van der Waals surface area (Å²) in [7, 11) is -2.10. The molecule has 3 atom stereocenters. The van der Waals surface area contributed by atoms with Crippen LogP contribution in [-0.2, 0) is 20.9 Å². The standard InChI is InChI=1S/C30H32F4N2O3S/c1-20-8-3-4-11-27(20)40(37,38)35-16-5-6-17-36-25(18-35)28(26(36)19-39-2)22-14-12-21(13-15-22)23-9-7-10-24(31)29(23)30(32,33)34/h3-4,7-15,25-26,28H,5-6,16-19H2,1-2H3/t25-,26+,28?/m0/s1. The molecule has 5 rings (SSSR count). The number of methoxy groups -OCH3 is 1. The highest BCUT2D eigenvalue weighted by Gasteiger charge is 2.50. The molecule has 2 saturated heterocycles. The molecular weight excluding hydrogens is 544 g/mol. The summed E-state index contributed by atoms with van der Waals surface area (Å²) in [6.07, 6.45) is -3.26. The van der Waals surface area contributed by atoms with Gasteiger partial charge in [0.1, 0.15) is 5.82 Å². The SMILES string of the molecule is COC[C@@H]1C(c2ccc(-c3cccc(F)c3C(F)(F)F)cc2)[C@@H]2CN(S(=O)(=O)c3ccccc3C)CCCCN12. The van der Waals surface area contributed by atoms with E-state index < -0.39 is 27.6 Å². The average Bonchev–Trinajstić information content (AvgIpc) is 2.89. The van der Waals surface area contributed by atoms with E-state index in [2.05, 4.69) is 4.90 Å². The minimum Gasteiger partial charge on any atom is -0.383 e. The van der Waals surface area contributed by atoms with E-state index in [0.717, 1.165) is 31.0 Å². The van der Waals surface area contributed by atoms with Gasteiger partial charge in [-0.2, -0.15) is 17.5 Å². The number of ether oxygens (including phenoxy) is 1. The first-order chi connectivity index (χ1) is 19.0. The van der Waals surface area contributed by atoms with Crippen molar-refractivity contribution in [3.05, 3.63) is 89.2 Å². The highest BCUT2D eigenvalue weighted by atomic mass is 32.2. The van der Waals surface area contributed by atoms with E-state index in [1.165, 1.54) is 12.1 Å². The first-order valence-corrected chi connectivity index (χ1v) is 14.7. The third kappa shape index (κ3) is 5.30. The van der Waals surface area contributed by atoms with Crippen molar-refractivity contribution >= 4 is 10.0 Å². The van der Waals surface area contributed by atoms with E-state index in [1.54, 1.807) is 60.8 Å². The maximum Gasteiger partial charge on any atom is 0.419 e. The van der Waals surface area contributed by atoms with E-state index >= 15 is 0 Å². The molecule has 214 valence electrons. The number of benzene rings is 3. The van der Waals surface area contributed by atoms with Gasteiger partial charge in [0.25, 0.3) is 0 Å². The summed E-state index contributed by atoms with van der Waals surface area (Å²) in [6.45, 7) is 3.75. The largest absolute Gasteiger partial charge is 0.419 e. The summed E-state index contributed by atoms with van der Waals surface area (Å²) in [6, 6.07) is 16.9. The zero-order chi connectivity index (χ0) is 28.7. The van der Waals surface area contributed by atoms with Gasteiger partial charge in [-0.3, -0.25) is 4.90 Å². The van der Waals surface area contributed by atoms with E-state index in [4.69, 9.17) is 4.74 Å². The molecule has 0 amide bonds. The number of fused-ring (bicyclic) bond motifs is 1. The quantitative estimate of drug-likeness (QED) is 0.334. The van der Waals surface area contributed by atoms with Gasteiger partial charge in [-0.1, -0.05) is 54.6 Å². The Morgan fingerprint density at radius 3 is 2.33 bits per heavy atom. The third-order valence-corrected chi connectivity index (χ3v) is 10.1. The van der Waals surface area contributed by atoms with Crippen LogP contribution < -0.4 is 0 Å². The van der Waals surface area contributed by atoms with Crippen molar-refractivity contribution < 1.29 is 30.7 Å². The molecule has 10 heteroatoms. The molecule has 3 aromatic carbocycles. The highest BCUT2D eigenvalue weighted by molar-refractivity contribution is 7.89. The summed E-state index contributed by atoms with van der Waals surface area (Å²) in [5, 5.41) is 0. The smallest absolute Gasteiger partial charge is 0.383 e. The second-order valence-electron chi connectivity index (χ2n) is 10.5. The van der Waals surface area contributed by atoms with Crippen molar-refractivity contribution in [2.24, 2.45) is 0 Å². The van der Waals surface area contributed by atoms with Crippen LogP contribution in [-0.4, -0.2) is 63.1 Å². The van der Waals surface area contributed by atoms with Crippen LogP contribution in [0.3, 0.4) is 0 Å². The van der Waals surface area contributed by atoms with Crippen LogP contribution in [0, 0.1) is 12.7 Å². The highest BCUT2D eigenvalue weighted by Crippen LogP contribution is 2.44. The molecule has 40 heavy (non-hydrogen) atoms. The number of hydrogen-bond acceptors (Lipinski definition) is 4. The van der Waals surface area contributed by atoms with E-state index in [9.17, 15) is 26.0 Å². The number of nitrogens with zero attached hydrogens (tertiary/aromatic N) is 2. The molecule has 0 aromatic heterocycles. The molecule has 5 nitrogen and oxygen atoms in total. The number of rotatable bonds is 6. The molecule has 0 spiro atoms. The minimum absolute atomic E-state index is 0.00173. The van der Waals surface area contributed by atoms with Crippen LogP contribution in [0.5, 0.6) is 0 Å². The zero-order valence-electron chi connectivity index (χ0n) is 22.4. The van der Waals surface area contributed by atoms with Gasteiger partial charge < -0.3 is 4.74 Å². The van der Waals surface area contributed by atoms with E-state index in [0.29, 0.717) is 30.2 Å². The Morgan fingerprint density at radius 1 is 0.950 bits per heavy atom. The number of alkyl halides is 3. The van der Waals surface area contributed by atoms with Crippen LogP contribution in [0.4, 0.5) is 17.6 Å². The molecule has 3 aromatic rings. The van der Waals surface area contributed by atoms with Gasteiger partial charge in [0.2, 0.25) is 10.0 Å². The number of hydrogen-bond donors (Lipinski definition) is 0. The number of sulfonamides is 1. The lowest BCUT2D eigenvalue weighted by atomic mass is 9.74. The van der Waals surface area contributed by atoms with Crippen molar-refractivity contribution in [1.82, 2.24) is 9.21 Å². The van der Waals surface area contributed by atoms with E-state index in [-0.39, 0.29) is 29.1 Å². The van der Waals surface area contributed by atoms with Crippen LogP contribution >= 0.6 is 0 Å². The maximum atomic E-state index is 14.2. The molecule has 1 unspecified atom stereocenters. The molecular formula is C30H32F4N2O3S. The summed E-state index contributed by atoms with van der Waals surface area (Å²) in [5.74, 6) is -1.40. The fraction of sp³-hybridized carbons (Fsp3) is 0.400. The lowest BCUT2D eigenvalue weighted by Gasteiger charge is -2.57. The first kappa shape index (κ1) is 28.7. The summed E-state index contributed by atoms with van der Waals surface area (Å²) >= 11 is 0. The number of halogens is 4. The maximum absolute atomic E-state index is 14.2. The van der Waals surface area contributed by atoms with Crippen molar-refractivity contribution in [1.29, 1.82) is 0 Å². The predicted molar refractivity (Wildman–Crippen MR) is 145 cm³/mol.